The molecule has 0 aromatic heterocycles. The minimum absolute atomic E-state index is 0.0188. The van der Waals surface area contributed by atoms with E-state index < -0.39 is 10.0 Å². The van der Waals surface area contributed by atoms with E-state index in [0.29, 0.717) is 11.4 Å². The van der Waals surface area contributed by atoms with Crippen molar-refractivity contribution in [3.63, 3.8) is 0 Å². The lowest BCUT2D eigenvalue weighted by atomic mass is 10.3. The summed E-state index contributed by atoms with van der Waals surface area (Å²) in [5, 5.41) is 0. The fourth-order valence-electron chi connectivity index (χ4n) is 1.06. The Morgan fingerprint density at radius 2 is 2.24 bits per heavy atom. The van der Waals surface area contributed by atoms with Crippen LogP contribution in [0.5, 0.6) is 5.75 Å². The summed E-state index contributed by atoms with van der Waals surface area (Å²) in [5.74, 6) is 0.527. The molecule has 0 aliphatic rings. The van der Waals surface area contributed by atoms with Crippen LogP contribution in [-0.2, 0) is 10.0 Å². The van der Waals surface area contributed by atoms with Crippen molar-refractivity contribution in [1.29, 1.82) is 0 Å². The van der Waals surface area contributed by atoms with Crippen LogP contribution in [0.25, 0.3) is 0 Å². The van der Waals surface area contributed by atoms with E-state index in [0.717, 1.165) is 0 Å². The third-order valence-corrected chi connectivity index (χ3v) is 3.29. The first-order valence-electron chi connectivity index (χ1n) is 4.94. The van der Waals surface area contributed by atoms with Crippen molar-refractivity contribution >= 4 is 32.9 Å². The van der Waals surface area contributed by atoms with Gasteiger partial charge >= 0.3 is 0 Å². The Hall–Kier alpha value is -1.34. The summed E-state index contributed by atoms with van der Waals surface area (Å²) in [6, 6.07) is 6.59. The molecule has 1 aromatic carbocycles. The molecule has 0 amide bonds. The molecule has 0 fully saturated rings. The van der Waals surface area contributed by atoms with Gasteiger partial charge in [-0.2, -0.15) is 0 Å². The number of nitrogens with two attached hydrogens (primary N) is 1. The quantitative estimate of drug-likeness (QED) is 0.760. The average Bonchev–Trinajstić information content (AvgIpc) is 2.26. The molecule has 0 unspecified atom stereocenters. The monoisotopic (exact) mass is 274 g/mol. The maximum Gasteiger partial charge on any atom is 0.232 e. The van der Waals surface area contributed by atoms with Crippen molar-refractivity contribution < 1.29 is 13.2 Å². The highest BCUT2D eigenvalue weighted by Crippen LogP contribution is 2.18. The number of ether oxygens (including phenoxy) is 1. The lowest BCUT2D eigenvalue weighted by molar-refractivity contribution is 0.378. The third kappa shape index (κ3) is 5.01. The summed E-state index contributed by atoms with van der Waals surface area (Å²) in [6.07, 6.45) is 0. The summed E-state index contributed by atoms with van der Waals surface area (Å²) >= 11 is 4.68. The number of thiocarbonyl (C=S) groups is 1. The maximum atomic E-state index is 11.4. The van der Waals surface area contributed by atoms with Gasteiger partial charge in [-0.15, -0.1) is 0 Å². The Morgan fingerprint density at radius 1 is 1.53 bits per heavy atom. The Kier molecular flexibility index (Phi) is 4.71. The van der Waals surface area contributed by atoms with Crippen molar-refractivity contribution in [2.24, 2.45) is 5.73 Å². The zero-order valence-corrected chi connectivity index (χ0v) is 11.0. The smallest absolute Gasteiger partial charge is 0.232 e. The highest BCUT2D eigenvalue weighted by molar-refractivity contribution is 7.92. The second kappa shape index (κ2) is 5.83. The molecule has 0 bridgehead atoms. The molecule has 0 radical (unpaired) electrons. The van der Waals surface area contributed by atoms with Crippen molar-refractivity contribution in [1.82, 2.24) is 0 Å². The molecule has 0 saturated carbocycles. The van der Waals surface area contributed by atoms with Gasteiger partial charge in [-0.05, 0) is 19.1 Å². The molecule has 0 atom stereocenters. The molecule has 1 rings (SSSR count). The van der Waals surface area contributed by atoms with Crippen LogP contribution in [0.15, 0.2) is 24.3 Å². The SMILES string of the molecule is CCS(=O)(=O)Nc1cccc(OCC(N)=S)c1. The average molecular weight is 274 g/mol. The van der Waals surface area contributed by atoms with E-state index >= 15 is 0 Å². The Labute approximate surface area is 106 Å². The Morgan fingerprint density at radius 3 is 2.82 bits per heavy atom. The van der Waals surface area contributed by atoms with E-state index in [1.165, 1.54) is 0 Å². The van der Waals surface area contributed by atoms with Crippen LogP contribution < -0.4 is 15.2 Å². The van der Waals surface area contributed by atoms with Crippen LogP contribution in [0.3, 0.4) is 0 Å². The summed E-state index contributed by atoms with van der Waals surface area (Å²) in [4.78, 5) is 0.240. The first-order chi connectivity index (χ1) is 7.93. The van der Waals surface area contributed by atoms with E-state index in [-0.39, 0.29) is 17.3 Å². The molecule has 0 saturated heterocycles. The number of hydrogen-bond acceptors (Lipinski definition) is 4. The van der Waals surface area contributed by atoms with E-state index in [1.807, 2.05) is 0 Å². The van der Waals surface area contributed by atoms with Gasteiger partial charge < -0.3 is 10.5 Å². The molecule has 0 spiro atoms. The summed E-state index contributed by atoms with van der Waals surface area (Å²) in [7, 11) is -3.28. The number of hydrogen-bond donors (Lipinski definition) is 2. The van der Waals surface area contributed by atoms with Crippen LogP contribution in [-0.4, -0.2) is 25.8 Å². The van der Waals surface area contributed by atoms with Crippen LogP contribution in [0.4, 0.5) is 5.69 Å². The van der Waals surface area contributed by atoms with Gasteiger partial charge in [0, 0.05) is 6.07 Å². The lowest BCUT2D eigenvalue weighted by Crippen LogP contribution is -2.18. The second-order valence-electron chi connectivity index (χ2n) is 3.29. The predicted molar refractivity (Wildman–Crippen MR) is 71.8 cm³/mol. The van der Waals surface area contributed by atoms with Gasteiger partial charge in [-0.3, -0.25) is 4.72 Å². The maximum absolute atomic E-state index is 11.4. The topological polar surface area (TPSA) is 81.4 Å². The molecule has 94 valence electrons. The Bertz CT molecular complexity index is 500. The minimum Gasteiger partial charge on any atom is -0.486 e. The summed E-state index contributed by atoms with van der Waals surface area (Å²) in [5.41, 5.74) is 5.75. The summed E-state index contributed by atoms with van der Waals surface area (Å²) < 4.78 is 30.4. The van der Waals surface area contributed by atoms with Gasteiger partial charge in [0.2, 0.25) is 10.0 Å². The normalized spacial score (nSPS) is 10.9. The van der Waals surface area contributed by atoms with Crippen molar-refractivity contribution in [3.8, 4) is 5.75 Å². The fourth-order valence-corrected chi connectivity index (χ4v) is 1.74. The number of benzene rings is 1. The van der Waals surface area contributed by atoms with Gasteiger partial charge in [0.1, 0.15) is 17.3 Å². The second-order valence-corrected chi connectivity index (χ2v) is 5.82. The van der Waals surface area contributed by atoms with E-state index in [4.69, 9.17) is 10.5 Å². The molecule has 17 heavy (non-hydrogen) atoms. The number of anilines is 1. The fraction of sp³-hybridized carbons (Fsp3) is 0.300. The van der Waals surface area contributed by atoms with Crippen LogP contribution in [0.1, 0.15) is 6.92 Å². The predicted octanol–water partition coefficient (Wildman–Crippen LogP) is 1.11. The first-order valence-corrected chi connectivity index (χ1v) is 7.00. The number of nitrogens with one attached hydrogen (secondary N) is 1. The van der Waals surface area contributed by atoms with Gasteiger partial charge in [0.05, 0.1) is 11.4 Å². The van der Waals surface area contributed by atoms with E-state index in [2.05, 4.69) is 16.9 Å². The first kappa shape index (κ1) is 13.7. The van der Waals surface area contributed by atoms with Gasteiger partial charge in [-0.1, -0.05) is 18.3 Å². The molecule has 0 aliphatic carbocycles. The summed E-state index contributed by atoms with van der Waals surface area (Å²) in [6.45, 7) is 1.69. The highest BCUT2D eigenvalue weighted by atomic mass is 32.2. The zero-order valence-electron chi connectivity index (χ0n) is 9.34. The largest absolute Gasteiger partial charge is 0.486 e. The number of rotatable bonds is 6. The molecular weight excluding hydrogens is 260 g/mol. The van der Waals surface area contributed by atoms with Crippen molar-refractivity contribution in [2.75, 3.05) is 17.1 Å². The lowest BCUT2D eigenvalue weighted by Gasteiger charge is -2.09. The number of sulfonamides is 1. The van der Waals surface area contributed by atoms with Crippen molar-refractivity contribution in [3.05, 3.63) is 24.3 Å². The van der Waals surface area contributed by atoms with E-state index in [1.54, 1.807) is 31.2 Å². The molecule has 0 heterocycles. The molecule has 7 heteroatoms. The van der Waals surface area contributed by atoms with Crippen LogP contribution in [0.2, 0.25) is 0 Å². The zero-order chi connectivity index (χ0) is 12.9. The molecule has 5 nitrogen and oxygen atoms in total. The van der Waals surface area contributed by atoms with Crippen LogP contribution >= 0.6 is 12.2 Å². The van der Waals surface area contributed by atoms with Crippen LogP contribution in [0, 0.1) is 0 Å². The minimum atomic E-state index is -3.28. The molecular formula is C10H14N2O3S2. The standard InChI is InChI=1S/C10H14N2O3S2/c1-2-17(13,14)12-8-4-3-5-9(6-8)15-7-10(11)16/h3-6,12H,2,7H2,1H3,(H2,11,16). The Balaban J connectivity index is 2.76. The molecule has 1 aromatic rings. The van der Waals surface area contributed by atoms with Crippen molar-refractivity contribution in [2.45, 2.75) is 6.92 Å². The highest BCUT2D eigenvalue weighted by Gasteiger charge is 2.07. The van der Waals surface area contributed by atoms with Gasteiger partial charge in [0.25, 0.3) is 0 Å². The van der Waals surface area contributed by atoms with Gasteiger partial charge in [0.15, 0.2) is 0 Å². The third-order valence-electron chi connectivity index (χ3n) is 1.87. The van der Waals surface area contributed by atoms with Gasteiger partial charge in [-0.25, -0.2) is 8.42 Å². The van der Waals surface area contributed by atoms with E-state index in [9.17, 15) is 8.42 Å². The molecule has 3 N–H and O–H groups in total. The molecule has 0 aliphatic heterocycles.